The molecule has 0 aromatic carbocycles. The number of alkyl halides is 2. The van der Waals surface area contributed by atoms with Crippen LogP contribution in [0.15, 0.2) is 0 Å². The van der Waals surface area contributed by atoms with Crippen LogP contribution in [-0.4, -0.2) is 41.4 Å². The van der Waals surface area contributed by atoms with Crippen molar-refractivity contribution in [3.63, 3.8) is 0 Å². The molecule has 0 radical (unpaired) electrons. The van der Waals surface area contributed by atoms with Gasteiger partial charge in [-0.3, -0.25) is 0 Å². The Bertz CT molecular complexity index is 317. The van der Waals surface area contributed by atoms with E-state index < -0.39 is 36.3 Å². The van der Waals surface area contributed by atoms with Gasteiger partial charge in [0.15, 0.2) is 0 Å². The number of rotatable bonds is 6. The fourth-order valence-electron chi connectivity index (χ4n) is 1.60. The van der Waals surface area contributed by atoms with E-state index in [0.717, 1.165) is 0 Å². The fourth-order valence-corrected chi connectivity index (χ4v) is 1.60. The lowest BCUT2D eigenvalue weighted by atomic mass is 9.96. The van der Waals surface area contributed by atoms with Gasteiger partial charge in [-0.15, -0.1) is 0 Å². The van der Waals surface area contributed by atoms with Crippen molar-refractivity contribution < 1.29 is 23.4 Å². The Labute approximate surface area is 118 Å². The molecule has 4 N–H and O–H groups in total. The molecule has 20 heavy (non-hydrogen) atoms. The molecule has 1 amide bonds. The summed E-state index contributed by atoms with van der Waals surface area (Å²) in [4.78, 5) is 11.3. The summed E-state index contributed by atoms with van der Waals surface area (Å²) in [6, 6.07) is -1.05. The highest BCUT2D eigenvalue weighted by Crippen LogP contribution is 2.22. The monoisotopic (exact) mass is 296 g/mol. The maximum absolute atomic E-state index is 13.7. The van der Waals surface area contributed by atoms with Crippen LogP contribution in [0.2, 0.25) is 0 Å². The van der Waals surface area contributed by atoms with Gasteiger partial charge in [0.2, 0.25) is 0 Å². The normalized spacial score (nSPS) is 15.9. The third-order valence-corrected chi connectivity index (χ3v) is 2.45. The molecule has 2 atom stereocenters. The second-order valence-electron chi connectivity index (χ2n) is 6.35. The molecule has 0 aliphatic rings. The number of aliphatic hydroxyl groups excluding tert-OH is 1. The van der Waals surface area contributed by atoms with Crippen LogP contribution in [-0.2, 0) is 4.74 Å². The first-order valence-corrected chi connectivity index (χ1v) is 6.63. The molecule has 2 unspecified atom stereocenters. The molecule has 0 aromatic heterocycles. The minimum Gasteiger partial charge on any atom is -0.444 e. The molecule has 5 nitrogen and oxygen atoms in total. The minimum absolute atomic E-state index is 0.0919. The van der Waals surface area contributed by atoms with Crippen LogP contribution in [0.4, 0.5) is 13.6 Å². The molecule has 0 aromatic rings. The Kier molecular flexibility index (Phi) is 6.83. The SMILES string of the molecule is CC(C)CC(N)C(O)C(F)(F)CNC(=O)OC(C)(C)C. The first kappa shape index (κ1) is 19.1. The van der Waals surface area contributed by atoms with Crippen molar-refractivity contribution in [2.75, 3.05) is 6.54 Å². The molecule has 0 fully saturated rings. The largest absolute Gasteiger partial charge is 0.444 e. The number of halogens is 2. The Morgan fingerprint density at radius 2 is 1.85 bits per heavy atom. The number of nitrogens with two attached hydrogens (primary N) is 1. The van der Waals surface area contributed by atoms with E-state index in [0.29, 0.717) is 0 Å². The van der Waals surface area contributed by atoms with Crippen LogP contribution in [0.5, 0.6) is 0 Å². The highest BCUT2D eigenvalue weighted by molar-refractivity contribution is 5.67. The third-order valence-electron chi connectivity index (χ3n) is 2.45. The van der Waals surface area contributed by atoms with Gasteiger partial charge < -0.3 is 20.9 Å². The van der Waals surface area contributed by atoms with Crippen LogP contribution in [0.1, 0.15) is 41.0 Å². The summed E-state index contributed by atoms with van der Waals surface area (Å²) in [7, 11) is 0. The summed E-state index contributed by atoms with van der Waals surface area (Å²) < 4.78 is 32.3. The first-order valence-electron chi connectivity index (χ1n) is 6.63. The quantitative estimate of drug-likeness (QED) is 0.698. The van der Waals surface area contributed by atoms with Gasteiger partial charge in [-0.05, 0) is 33.1 Å². The van der Waals surface area contributed by atoms with Gasteiger partial charge in [-0.2, -0.15) is 0 Å². The molecule has 0 saturated carbocycles. The van der Waals surface area contributed by atoms with Gasteiger partial charge in [0.1, 0.15) is 11.7 Å². The van der Waals surface area contributed by atoms with E-state index in [1.807, 2.05) is 19.2 Å². The van der Waals surface area contributed by atoms with Gasteiger partial charge in [-0.1, -0.05) is 13.8 Å². The summed E-state index contributed by atoms with van der Waals surface area (Å²) in [5, 5.41) is 11.5. The van der Waals surface area contributed by atoms with Crippen LogP contribution >= 0.6 is 0 Å². The maximum atomic E-state index is 13.7. The number of hydrogen-bond donors (Lipinski definition) is 3. The average molecular weight is 296 g/mol. The second kappa shape index (κ2) is 7.17. The Morgan fingerprint density at radius 1 is 1.35 bits per heavy atom. The number of carbonyl (C=O) groups is 1. The van der Waals surface area contributed by atoms with E-state index in [1.165, 1.54) is 0 Å². The number of hydrogen-bond acceptors (Lipinski definition) is 4. The number of nitrogens with one attached hydrogen (secondary N) is 1. The zero-order valence-electron chi connectivity index (χ0n) is 12.7. The van der Waals surface area contributed by atoms with Crippen LogP contribution < -0.4 is 11.1 Å². The summed E-state index contributed by atoms with van der Waals surface area (Å²) in [6.45, 7) is 7.50. The molecule has 0 rings (SSSR count). The molecular formula is C13H26F2N2O3. The average Bonchev–Trinajstić information content (AvgIpc) is 2.22. The maximum Gasteiger partial charge on any atom is 0.407 e. The lowest BCUT2D eigenvalue weighted by molar-refractivity contribution is -0.116. The van der Waals surface area contributed by atoms with Gasteiger partial charge in [-0.25, -0.2) is 13.6 Å². The van der Waals surface area contributed by atoms with Crippen LogP contribution in [0.25, 0.3) is 0 Å². The van der Waals surface area contributed by atoms with Crippen molar-refractivity contribution in [3.05, 3.63) is 0 Å². The number of alkyl carbamates (subject to hydrolysis) is 1. The van der Waals surface area contributed by atoms with Crippen LogP contribution in [0, 0.1) is 5.92 Å². The topological polar surface area (TPSA) is 84.6 Å². The summed E-state index contributed by atoms with van der Waals surface area (Å²) >= 11 is 0. The minimum atomic E-state index is -3.51. The number of amides is 1. The van der Waals surface area contributed by atoms with Crippen molar-refractivity contribution in [1.29, 1.82) is 0 Å². The Balaban J connectivity index is 4.40. The number of ether oxygens (including phenoxy) is 1. The molecule has 0 heterocycles. The number of aliphatic hydroxyl groups is 1. The lowest BCUT2D eigenvalue weighted by Gasteiger charge is -2.28. The highest BCUT2D eigenvalue weighted by Gasteiger charge is 2.42. The predicted octanol–water partition coefficient (Wildman–Crippen LogP) is 1.88. The van der Waals surface area contributed by atoms with E-state index >= 15 is 0 Å². The molecule has 0 saturated heterocycles. The van der Waals surface area contributed by atoms with E-state index in [-0.39, 0.29) is 12.3 Å². The van der Waals surface area contributed by atoms with Gasteiger partial charge in [0.25, 0.3) is 5.92 Å². The van der Waals surface area contributed by atoms with E-state index in [1.54, 1.807) is 20.8 Å². The Hall–Kier alpha value is -0.950. The van der Waals surface area contributed by atoms with Crippen molar-refractivity contribution in [2.24, 2.45) is 11.7 Å². The predicted molar refractivity (Wildman–Crippen MR) is 72.6 cm³/mol. The van der Waals surface area contributed by atoms with Gasteiger partial charge >= 0.3 is 6.09 Å². The molecule has 0 aliphatic carbocycles. The zero-order chi connectivity index (χ0) is 16.1. The summed E-state index contributed by atoms with van der Waals surface area (Å²) in [6.07, 6.45) is -2.70. The van der Waals surface area contributed by atoms with Crippen molar-refractivity contribution in [2.45, 2.75) is 64.7 Å². The van der Waals surface area contributed by atoms with E-state index in [4.69, 9.17) is 10.5 Å². The second-order valence-corrected chi connectivity index (χ2v) is 6.35. The van der Waals surface area contributed by atoms with Crippen molar-refractivity contribution in [1.82, 2.24) is 5.32 Å². The molecular weight excluding hydrogens is 270 g/mol. The fraction of sp³-hybridized carbons (Fsp3) is 0.923. The molecule has 0 aliphatic heterocycles. The van der Waals surface area contributed by atoms with E-state index in [2.05, 4.69) is 0 Å². The zero-order valence-corrected chi connectivity index (χ0v) is 12.7. The summed E-state index contributed by atoms with van der Waals surface area (Å²) in [5.41, 5.74) is 4.77. The molecule has 120 valence electrons. The lowest BCUT2D eigenvalue weighted by Crippen LogP contribution is -2.53. The van der Waals surface area contributed by atoms with Crippen molar-refractivity contribution >= 4 is 6.09 Å². The first-order chi connectivity index (χ1) is 8.85. The molecule has 7 heteroatoms. The molecule has 0 spiro atoms. The van der Waals surface area contributed by atoms with Crippen molar-refractivity contribution in [3.8, 4) is 0 Å². The number of carbonyl (C=O) groups excluding carboxylic acids is 1. The van der Waals surface area contributed by atoms with Gasteiger partial charge in [0, 0.05) is 6.04 Å². The van der Waals surface area contributed by atoms with Crippen LogP contribution in [0.3, 0.4) is 0 Å². The Morgan fingerprint density at radius 3 is 2.25 bits per heavy atom. The highest BCUT2D eigenvalue weighted by atomic mass is 19.3. The smallest absolute Gasteiger partial charge is 0.407 e. The van der Waals surface area contributed by atoms with E-state index in [9.17, 15) is 18.7 Å². The molecule has 0 bridgehead atoms. The third kappa shape index (κ3) is 7.59. The van der Waals surface area contributed by atoms with Gasteiger partial charge in [0.05, 0.1) is 6.54 Å². The standard InChI is InChI=1S/C13H26F2N2O3/c1-8(2)6-9(16)10(18)13(14,15)7-17-11(19)20-12(3,4)5/h8-10,18H,6-7,16H2,1-5H3,(H,17,19). The summed E-state index contributed by atoms with van der Waals surface area (Å²) in [5.74, 6) is -3.42.